The van der Waals surface area contributed by atoms with Gasteiger partial charge in [-0.15, -0.1) is 0 Å². The maximum Gasteiger partial charge on any atom is 0.327 e. The lowest BCUT2D eigenvalue weighted by molar-refractivity contribution is -0.140. The van der Waals surface area contributed by atoms with Gasteiger partial charge in [0.2, 0.25) is 5.91 Å². The van der Waals surface area contributed by atoms with Crippen molar-refractivity contribution in [2.45, 2.75) is 18.7 Å². The summed E-state index contributed by atoms with van der Waals surface area (Å²) in [6, 6.07) is 4.07. The van der Waals surface area contributed by atoms with E-state index in [0.717, 1.165) is 19.1 Å². The molecule has 2 N–H and O–H groups in total. The number of carboxylic acids is 1. The number of aliphatic carboxylic acids is 1. The number of carboxylic acid groups (broad SMARTS) is 1. The van der Waals surface area contributed by atoms with E-state index in [1.807, 2.05) is 0 Å². The van der Waals surface area contributed by atoms with Crippen LogP contribution in [-0.4, -0.2) is 33.0 Å². The molecule has 1 aromatic carbocycles. The van der Waals surface area contributed by atoms with Gasteiger partial charge in [-0.3, -0.25) is 9.00 Å². The SMILES string of the molecule is CC(=O)N[C@@H](CS(=O)Cc1cc(F)cc(C#N)c1)C(=O)O. The number of rotatable bonds is 6. The van der Waals surface area contributed by atoms with E-state index in [1.165, 1.54) is 6.07 Å². The quantitative estimate of drug-likeness (QED) is 0.797. The number of nitriles is 1. The number of hydrogen-bond acceptors (Lipinski definition) is 4. The summed E-state index contributed by atoms with van der Waals surface area (Å²) in [5.74, 6) is -2.87. The van der Waals surface area contributed by atoms with Crippen LogP contribution in [0.25, 0.3) is 0 Å². The van der Waals surface area contributed by atoms with Gasteiger partial charge in [0.15, 0.2) is 0 Å². The molecule has 0 aromatic heterocycles. The van der Waals surface area contributed by atoms with Crippen LogP contribution in [0, 0.1) is 17.1 Å². The Morgan fingerprint density at radius 1 is 1.48 bits per heavy atom. The maximum atomic E-state index is 13.2. The van der Waals surface area contributed by atoms with Crippen molar-refractivity contribution in [1.82, 2.24) is 5.32 Å². The molecule has 112 valence electrons. The average Bonchev–Trinajstić information content (AvgIpc) is 2.36. The first kappa shape index (κ1) is 16.8. The van der Waals surface area contributed by atoms with E-state index in [2.05, 4.69) is 5.32 Å². The predicted molar refractivity (Wildman–Crippen MR) is 73.1 cm³/mol. The molecule has 0 radical (unpaired) electrons. The molecular formula is C13H13FN2O4S. The standard InChI is InChI=1S/C13H13FN2O4S/c1-8(17)16-12(13(18)19)7-21(20)6-10-2-9(5-15)3-11(14)4-10/h2-4,12H,6-7H2,1H3,(H,16,17)(H,18,19)/t12-,21?/m0/s1. The number of carbonyl (C=O) groups excluding carboxylic acids is 1. The minimum atomic E-state index is -1.63. The van der Waals surface area contributed by atoms with Crippen molar-refractivity contribution in [1.29, 1.82) is 5.26 Å². The van der Waals surface area contributed by atoms with Gasteiger partial charge in [0.05, 0.1) is 17.4 Å². The molecule has 0 saturated heterocycles. The number of nitrogens with one attached hydrogen (secondary N) is 1. The fraction of sp³-hybridized carbons (Fsp3) is 0.308. The van der Waals surface area contributed by atoms with E-state index in [1.54, 1.807) is 6.07 Å². The van der Waals surface area contributed by atoms with Crippen LogP contribution in [-0.2, 0) is 26.1 Å². The molecule has 0 aliphatic carbocycles. The first-order valence-corrected chi connectivity index (χ1v) is 7.35. The van der Waals surface area contributed by atoms with E-state index in [9.17, 15) is 18.2 Å². The fourth-order valence-electron chi connectivity index (χ4n) is 1.65. The zero-order chi connectivity index (χ0) is 16.0. The normalized spacial score (nSPS) is 13.0. The zero-order valence-electron chi connectivity index (χ0n) is 11.1. The van der Waals surface area contributed by atoms with Crippen LogP contribution in [0.2, 0.25) is 0 Å². The molecule has 0 aliphatic heterocycles. The van der Waals surface area contributed by atoms with Crippen molar-refractivity contribution in [2.24, 2.45) is 0 Å². The summed E-state index contributed by atoms with van der Waals surface area (Å²) in [6.45, 7) is 1.16. The van der Waals surface area contributed by atoms with E-state index in [0.29, 0.717) is 5.56 Å². The second-order valence-corrected chi connectivity index (χ2v) is 5.80. The molecule has 0 fully saturated rings. The lowest BCUT2D eigenvalue weighted by Gasteiger charge is -2.12. The van der Waals surface area contributed by atoms with Crippen LogP contribution in [0.5, 0.6) is 0 Å². The Balaban J connectivity index is 2.77. The van der Waals surface area contributed by atoms with Gasteiger partial charge in [0.25, 0.3) is 0 Å². The number of halogens is 1. The average molecular weight is 312 g/mol. The molecule has 6 nitrogen and oxygen atoms in total. The van der Waals surface area contributed by atoms with E-state index in [-0.39, 0.29) is 17.1 Å². The van der Waals surface area contributed by atoms with Crippen LogP contribution >= 0.6 is 0 Å². The monoisotopic (exact) mass is 312 g/mol. The molecule has 21 heavy (non-hydrogen) atoms. The lowest BCUT2D eigenvalue weighted by Crippen LogP contribution is -2.43. The predicted octanol–water partition coefficient (Wildman–Crippen LogP) is 0.535. The fourth-order valence-corrected chi connectivity index (χ4v) is 2.90. The molecular weight excluding hydrogens is 299 g/mol. The Morgan fingerprint density at radius 3 is 2.67 bits per heavy atom. The molecule has 1 unspecified atom stereocenters. The smallest absolute Gasteiger partial charge is 0.327 e. The third kappa shape index (κ3) is 5.71. The van der Waals surface area contributed by atoms with Gasteiger partial charge in [0, 0.05) is 23.5 Å². The molecule has 8 heteroatoms. The maximum absolute atomic E-state index is 13.2. The topological polar surface area (TPSA) is 107 Å². The van der Waals surface area contributed by atoms with Crippen molar-refractivity contribution < 1.29 is 23.3 Å². The summed E-state index contributed by atoms with van der Waals surface area (Å²) in [4.78, 5) is 21.8. The second-order valence-electron chi connectivity index (χ2n) is 4.30. The van der Waals surface area contributed by atoms with Gasteiger partial charge in [-0.25, -0.2) is 9.18 Å². The third-order valence-corrected chi connectivity index (χ3v) is 3.80. The Labute approximate surface area is 123 Å². The molecule has 2 atom stereocenters. The summed E-state index contributed by atoms with van der Waals surface area (Å²) in [6.07, 6.45) is 0. The first-order valence-electron chi connectivity index (χ1n) is 5.86. The van der Waals surface area contributed by atoms with Crippen LogP contribution in [0.3, 0.4) is 0 Å². The summed E-state index contributed by atoms with van der Waals surface area (Å²) < 4.78 is 25.1. The third-order valence-electron chi connectivity index (χ3n) is 2.44. The highest BCUT2D eigenvalue weighted by Gasteiger charge is 2.21. The highest BCUT2D eigenvalue weighted by molar-refractivity contribution is 7.84. The molecule has 0 bridgehead atoms. The van der Waals surface area contributed by atoms with Crippen LogP contribution in [0.15, 0.2) is 18.2 Å². The zero-order valence-corrected chi connectivity index (χ0v) is 11.9. The Hall–Kier alpha value is -2.27. The minimum absolute atomic E-state index is 0.0960. The Morgan fingerprint density at radius 2 is 2.14 bits per heavy atom. The molecule has 0 saturated carbocycles. The molecule has 0 spiro atoms. The molecule has 1 aromatic rings. The van der Waals surface area contributed by atoms with Crippen molar-refractivity contribution in [3.63, 3.8) is 0 Å². The van der Waals surface area contributed by atoms with Crippen molar-refractivity contribution in [2.75, 3.05) is 5.75 Å². The molecule has 1 amide bonds. The lowest BCUT2D eigenvalue weighted by atomic mass is 10.1. The summed E-state index contributed by atoms with van der Waals surface area (Å²) in [7, 11) is -1.63. The first-order chi connectivity index (χ1) is 9.81. The Kier molecular flexibility index (Phi) is 5.99. The Bertz CT molecular complexity index is 627. The van der Waals surface area contributed by atoms with Crippen LogP contribution in [0.4, 0.5) is 4.39 Å². The van der Waals surface area contributed by atoms with Gasteiger partial charge in [-0.2, -0.15) is 5.26 Å². The minimum Gasteiger partial charge on any atom is -0.480 e. The van der Waals surface area contributed by atoms with Gasteiger partial charge >= 0.3 is 5.97 Å². The van der Waals surface area contributed by atoms with Gasteiger partial charge < -0.3 is 10.4 Å². The number of nitrogens with zero attached hydrogens (tertiary/aromatic N) is 1. The summed E-state index contributed by atoms with van der Waals surface area (Å²) in [5.41, 5.74) is 0.426. The largest absolute Gasteiger partial charge is 0.480 e. The highest BCUT2D eigenvalue weighted by atomic mass is 32.2. The van der Waals surface area contributed by atoms with Gasteiger partial charge in [0.1, 0.15) is 11.9 Å². The van der Waals surface area contributed by atoms with E-state index in [4.69, 9.17) is 10.4 Å². The van der Waals surface area contributed by atoms with Crippen LogP contribution in [0.1, 0.15) is 18.1 Å². The number of amides is 1. The second kappa shape index (κ2) is 7.50. The number of benzene rings is 1. The highest BCUT2D eigenvalue weighted by Crippen LogP contribution is 2.11. The summed E-state index contributed by atoms with van der Waals surface area (Å²) in [5, 5.41) is 19.8. The van der Waals surface area contributed by atoms with Gasteiger partial charge in [-0.1, -0.05) is 0 Å². The van der Waals surface area contributed by atoms with Crippen molar-refractivity contribution in [3.8, 4) is 6.07 Å². The van der Waals surface area contributed by atoms with Crippen LogP contribution < -0.4 is 5.32 Å². The van der Waals surface area contributed by atoms with Crippen molar-refractivity contribution >= 4 is 22.7 Å². The molecule has 0 aliphatic rings. The molecule has 1 rings (SSSR count). The number of hydrogen-bond donors (Lipinski definition) is 2. The van der Waals surface area contributed by atoms with E-state index >= 15 is 0 Å². The van der Waals surface area contributed by atoms with Gasteiger partial charge in [-0.05, 0) is 23.8 Å². The molecule has 0 heterocycles. The summed E-state index contributed by atoms with van der Waals surface area (Å²) >= 11 is 0. The van der Waals surface area contributed by atoms with Crippen molar-refractivity contribution in [3.05, 3.63) is 35.1 Å². The number of carbonyl (C=O) groups is 2. The van der Waals surface area contributed by atoms with E-state index < -0.39 is 34.5 Å².